The van der Waals surface area contributed by atoms with Gasteiger partial charge in [-0.05, 0) is 80.8 Å². The van der Waals surface area contributed by atoms with Crippen molar-refractivity contribution in [3.8, 4) is 5.75 Å². The van der Waals surface area contributed by atoms with Gasteiger partial charge in [0.25, 0.3) is 0 Å². The van der Waals surface area contributed by atoms with Crippen LogP contribution in [0.25, 0.3) is 0 Å². The molecule has 0 heterocycles. The Bertz CT molecular complexity index is 722. The van der Waals surface area contributed by atoms with Gasteiger partial charge in [0.2, 0.25) is 0 Å². The van der Waals surface area contributed by atoms with Crippen LogP contribution < -0.4 is 4.74 Å². The van der Waals surface area contributed by atoms with Crippen LogP contribution in [0.1, 0.15) is 76.0 Å². The maximum Gasteiger partial charge on any atom is 0.119 e. The Kier molecular flexibility index (Phi) is 11.8. The molecule has 0 saturated heterocycles. The third kappa shape index (κ3) is 8.52. The molecule has 2 aromatic rings. The van der Waals surface area contributed by atoms with Gasteiger partial charge in [-0.1, -0.05) is 76.6 Å². The van der Waals surface area contributed by atoms with Crippen molar-refractivity contribution in [3.05, 3.63) is 65.2 Å². The Hall–Kier alpha value is -1.80. The topological polar surface area (TPSA) is 12.5 Å². The Morgan fingerprint density at radius 2 is 1.40 bits per heavy atom. The van der Waals surface area contributed by atoms with Crippen LogP contribution in [0, 0.1) is 18.8 Å². The summed E-state index contributed by atoms with van der Waals surface area (Å²) >= 11 is 0. The zero-order valence-corrected chi connectivity index (χ0v) is 20.9. The SMILES string of the molecule is CCC(c1cccc(C)c1)C(C)C.CCC(c1cccc(OC)c1)C(C)CN(C)C. The first-order valence-corrected chi connectivity index (χ1v) is 11.6. The summed E-state index contributed by atoms with van der Waals surface area (Å²) in [5.74, 6) is 3.68. The molecule has 3 atom stereocenters. The largest absolute Gasteiger partial charge is 0.497 e. The summed E-state index contributed by atoms with van der Waals surface area (Å²) in [5.41, 5.74) is 4.26. The molecule has 0 fully saturated rings. The second kappa shape index (κ2) is 13.5. The van der Waals surface area contributed by atoms with Crippen LogP contribution >= 0.6 is 0 Å². The van der Waals surface area contributed by atoms with E-state index < -0.39 is 0 Å². The Morgan fingerprint density at radius 1 is 0.833 bits per heavy atom. The first-order chi connectivity index (χ1) is 14.2. The molecule has 0 spiro atoms. The molecular weight excluding hydrogens is 366 g/mol. The fraction of sp³-hybridized carbons (Fsp3) is 0.571. The lowest BCUT2D eigenvalue weighted by Crippen LogP contribution is -2.24. The zero-order chi connectivity index (χ0) is 22.7. The highest BCUT2D eigenvalue weighted by Gasteiger charge is 2.18. The summed E-state index contributed by atoms with van der Waals surface area (Å²) in [4.78, 5) is 2.26. The number of ether oxygens (including phenoxy) is 1. The lowest BCUT2D eigenvalue weighted by atomic mass is 9.85. The van der Waals surface area contributed by atoms with E-state index in [2.05, 4.69) is 103 Å². The van der Waals surface area contributed by atoms with Crippen molar-refractivity contribution in [2.45, 2.75) is 66.2 Å². The van der Waals surface area contributed by atoms with E-state index in [0.717, 1.165) is 24.1 Å². The first-order valence-electron chi connectivity index (χ1n) is 11.6. The van der Waals surface area contributed by atoms with E-state index in [0.29, 0.717) is 11.8 Å². The van der Waals surface area contributed by atoms with Gasteiger partial charge in [-0.2, -0.15) is 0 Å². The fourth-order valence-electron chi connectivity index (χ4n) is 4.53. The van der Waals surface area contributed by atoms with Gasteiger partial charge in [-0.3, -0.25) is 0 Å². The molecule has 30 heavy (non-hydrogen) atoms. The summed E-state index contributed by atoms with van der Waals surface area (Å²) in [6.45, 7) is 14.7. The van der Waals surface area contributed by atoms with E-state index in [-0.39, 0.29) is 0 Å². The van der Waals surface area contributed by atoms with Crippen LogP contribution in [0.2, 0.25) is 0 Å². The molecule has 0 aromatic heterocycles. The van der Waals surface area contributed by atoms with Crippen LogP contribution in [0.4, 0.5) is 0 Å². The smallest absolute Gasteiger partial charge is 0.119 e. The van der Waals surface area contributed by atoms with Crippen LogP contribution in [-0.4, -0.2) is 32.6 Å². The van der Waals surface area contributed by atoms with Crippen molar-refractivity contribution < 1.29 is 4.74 Å². The van der Waals surface area contributed by atoms with E-state index in [1.807, 2.05) is 6.07 Å². The van der Waals surface area contributed by atoms with Crippen molar-refractivity contribution in [1.29, 1.82) is 0 Å². The van der Waals surface area contributed by atoms with Crippen LogP contribution in [0.15, 0.2) is 48.5 Å². The molecule has 0 aliphatic heterocycles. The van der Waals surface area contributed by atoms with Crippen molar-refractivity contribution in [1.82, 2.24) is 4.90 Å². The molecular formula is C28H45NO. The van der Waals surface area contributed by atoms with Gasteiger partial charge in [-0.15, -0.1) is 0 Å². The number of hydrogen-bond donors (Lipinski definition) is 0. The average molecular weight is 412 g/mol. The van der Waals surface area contributed by atoms with Gasteiger partial charge in [0, 0.05) is 6.54 Å². The monoisotopic (exact) mass is 411 g/mol. The number of aryl methyl sites for hydroxylation is 1. The van der Waals surface area contributed by atoms with Gasteiger partial charge in [0.05, 0.1) is 7.11 Å². The van der Waals surface area contributed by atoms with E-state index in [1.54, 1.807) is 7.11 Å². The van der Waals surface area contributed by atoms with Gasteiger partial charge >= 0.3 is 0 Å². The molecule has 0 amide bonds. The quantitative estimate of drug-likeness (QED) is 0.423. The highest BCUT2D eigenvalue weighted by atomic mass is 16.5. The summed E-state index contributed by atoms with van der Waals surface area (Å²) in [6.07, 6.45) is 2.41. The predicted octanol–water partition coefficient (Wildman–Crippen LogP) is 7.53. The van der Waals surface area contributed by atoms with E-state index in [4.69, 9.17) is 4.74 Å². The molecule has 0 bridgehead atoms. The van der Waals surface area contributed by atoms with Crippen LogP contribution in [-0.2, 0) is 0 Å². The van der Waals surface area contributed by atoms with Crippen molar-refractivity contribution in [2.75, 3.05) is 27.7 Å². The number of hydrogen-bond acceptors (Lipinski definition) is 2. The number of benzene rings is 2. The number of rotatable bonds is 9. The lowest BCUT2D eigenvalue weighted by molar-refractivity contribution is 0.301. The molecule has 0 radical (unpaired) electrons. The molecule has 0 aliphatic rings. The molecule has 0 saturated carbocycles. The van der Waals surface area contributed by atoms with Gasteiger partial charge in [0.15, 0.2) is 0 Å². The van der Waals surface area contributed by atoms with Crippen LogP contribution in [0.3, 0.4) is 0 Å². The number of methoxy groups -OCH3 is 1. The molecule has 2 heteroatoms. The average Bonchev–Trinajstić information content (AvgIpc) is 2.69. The van der Waals surface area contributed by atoms with E-state index in [9.17, 15) is 0 Å². The normalized spacial score (nSPS) is 14.1. The maximum atomic E-state index is 5.30. The van der Waals surface area contributed by atoms with Crippen LogP contribution in [0.5, 0.6) is 5.75 Å². The summed E-state index contributed by atoms with van der Waals surface area (Å²) in [5, 5.41) is 0. The highest BCUT2D eigenvalue weighted by Crippen LogP contribution is 2.30. The first kappa shape index (κ1) is 26.2. The van der Waals surface area contributed by atoms with Gasteiger partial charge in [-0.25, -0.2) is 0 Å². The Morgan fingerprint density at radius 3 is 1.87 bits per heavy atom. The summed E-state index contributed by atoms with van der Waals surface area (Å²) in [7, 11) is 5.99. The molecule has 0 N–H and O–H groups in total. The second-order valence-electron chi connectivity index (χ2n) is 9.20. The fourth-order valence-corrected chi connectivity index (χ4v) is 4.53. The molecule has 0 aliphatic carbocycles. The summed E-state index contributed by atoms with van der Waals surface area (Å²) in [6, 6.07) is 17.4. The minimum absolute atomic E-state index is 0.604. The highest BCUT2D eigenvalue weighted by molar-refractivity contribution is 5.31. The Balaban J connectivity index is 0.000000311. The van der Waals surface area contributed by atoms with E-state index in [1.165, 1.54) is 29.5 Å². The third-order valence-electron chi connectivity index (χ3n) is 6.02. The maximum absolute atomic E-state index is 5.30. The molecule has 3 unspecified atom stereocenters. The predicted molar refractivity (Wildman–Crippen MR) is 133 cm³/mol. The molecule has 168 valence electrons. The number of nitrogens with zero attached hydrogens (tertiary/aromatic N) is 1. The molecule has 2 rings (SSSR count). The van der Waals surface area contributed by atoms with Gasteiger partial charge < -0.3 is 9.64 Å². The third-order valence-corrected chi connectivity index (χ3v) is 6.02. The van der Waals surface area contributed by atoms with E-state index >= 15 is 0 Å². The lowest BCUT2D eigenvalue weighted by Gasteiger charge is -2.26. The zero-order valence-electron chi connectivity index (χ0n) is 20.9. The second-order valence-corrected chi connectivity index (χ2v) is 9.20. The van der Waals surface area contributed by atoms with Gasteiger partial charge in [0.1, 0.15) is 5.75 Å². The van der Waals surface area contributed by atoms with Crippen molar-refractivity contribution in [2.24, 2.45) is 11.8 Å². The summed E-state index contributed by atoms with van der Waals surface area (Å²) < 4.78 is 5.30. The standard InChI is InChI=1S/C15H25NO.C13H20/c1-6-15(12(2)11-16(3)4)13-8-7-9-14(10-13)17-5;1-5-13(10(2)3)12-8-6-7-11(4)9-12/h7-10,12,15H,6,11H2,1-5H3;6-10,13H,5H2,1-4H3. The molecule has 2 nitrogen and oxygen atoms in total. The van der Waals surface area contributed by atoms with Crippen molar-refractivity contribution >= 4 is 0 Å². The Labute approximate surface area is 186 Å². The minimum atomic E-state index is 0.604. The van der Waals surface area contributed by atoms with Crippen molar-refractivity contribution in [3.63, 3.8) is 0 Å². The minimum Gasteiger partial charge on any atom is -0.497 e. The molecule has 2 aromatic carbocycles.